The molecule has 3 heteroatoms. The molecule has 1 heterocycles. The predicted octanol–water partition coefficient (Wildman–Crippen LogP) is 10.1. The van der Waals surface area contributed by atoms with Gasteiger partial charge in [-0.25, -0.2) is 0 Å². The number of ether oxygens (including phenoxy) is 1. The first-order valence-corrected chi connectivity index (χ1v) is 18.2. The lowest BCUT2D eigenvalue weighted by molar-refractivity contribution is -0.123. The summed E-state index contributed by atoms with van der Waals surface area (Å²) in [5.41, 5.74) is 6.62. The topological polar surface area (TPSA) is 39.2 Å². The molecule has 0 saturated heterocycles. The smallest absolute Gasteiger partial charge is 0.140 e. The van der Waals surface area contributed by atoms with Crippen LogP contribution in [0.4, 0.5) is 0 Å². The molecule has 2 aromatic rings. The van der Waals surface area contributed by atoms with E-state index in [-0.39, 0.29) is 5.92 Å². The average Bonchev–Trinajstić information content (AvgIpc) is 3.67. The van der Waals surface area contributed by atoms with Gasteiger partial charge in [0.15, 0.2) is 0 Å². The summed E-state index contributed by atoms with van der Waals surface area (Å²) in [5.74, 6) is 6.22. The molecule has 0 N–H and O–H groups in total. The van der Waals surface area contributed by atoms with E-state index in [1.807, 2.05) is 0 Å². The Morgan fingerprint density at radius 1 is 0.860 bits per heavy atom. The number of pyridine rings is 1. The van der Waals surface area contributed by atoms with E-state index in [2.05, 4.69) is 65.1 Å². The Bertz CT molecular complexity index is 1200. The monoisotopic (exact) mass is 585 g/mol. The Morgan fingerprint density at radius 2 is 1.60 bits per heavy atom. The van der Waals surface area contributed by atoms with Gasteiger partial charge in [0.1, 0.15) is 11.5 Å². The average molecular weight is 586 g/mol. The molecule has 6 unspecified atom stereocenters. The third kappa shape index (κ3) is 8.12. The summed E-state index contributed by atoms with van der Waals surface area (Å²) >= 11 is 0. The molecule has 0 aliphatic heterocycles. The van der Waals surface area contributed by atoms with Crippen LogP contribution in [0.2, 0.25) is 0 Å². The minimum absolute atomic E-state index is 0.196. The van der Waals surface area contributed by atoms with E-state index in [1.54, 1.807) is 0 Å². The summed E-state index contributed by atoms with van der Waals surface area (Å²) in [6.45, 7) is 12.1. The molecule has 3 nitrogen and oxygen atoms in total. The lowest BCUT2D eigenvalue weighted by Gasteiger charge is -2.24. The third-order valence-corrected chi connectivity index (χ3v) is 11.9. The maximum atomic E-state index is 13.0. The molecule has 236 valence electrons. The van der Waals surface area contributed by atoms with Gasteiger partial charge in [-0.3, -0.25) is 9.78 Å². The van der Waals surface area contributed by atoms with Crippen molar-refractivity contribution in [2.75, 3.05) is 6.61 Å². The first kappa shape index (κ1) is 32.2. The number of hydrogen-bond donors (Lipinski definition) is 0. The highest BCUT2D eigenvalue weighted by Crippen LogP contribution is 2.52. The zero-order valence-electron chi connectivity index (χ0n) is 28.0. The van der Waals surface area contributed by atoms with Crippen LogP contribution >= 0.6 is 0 Å². The van der Waals surface area contributed by atoms with Crippen LogP contribution in [0.15, 0.2) is 30.5 Å². The van der Waals surface area contributed by atoms with Crippen LogP contribution in [-0.2, 0) is 30.5 Å². The van der Waals surface area contributed by atoms with Crippen LogP contribution < -0.4 is 4.74 Å². The van der Waals surface area contributed by atoms with Gasteiger partial charge in [0.2, 0.25) is 0 Å². The van der Waals surface area contributed by atoms with Gasteiger partial charge in [-0.15, -0.1) is 0 Å². The number of aromatic nitrogens is 1. The van der Waals surface area contributed by atoms with Crippen molar-refractivity contribution in [3.8, 4) is 5.75 Å². The van der Waals surface area contributed by atoms with Gasteiger partial charge in [0, 0.05) is 30.1 Å². The number of aryl methyl sites for hydroxylation is 3. The van der Waals surface area contributed by atoms with E-state index < -0.39 is 0 Å². The standard InChI is InChI=1S/C40H59NO2/c1-6-29-22-32(8-3)40(41-26-29)28(5)34-14-11-15-35(18-17-34)37-25-36(37)20-21-43-39-19-16-30(23-31(39)7-2)24-38(42)27(4)33-12-9-10-13-33/h16,19,22-23,26-28,33-37H,6-15,17-18,20-21,24-25H2,1-5H3. The molecular weight excluding hydrogens is 526 g/mol. The van der Waals surface area contributed by atoms with Crippen molar-refractivity contribution < 1.29 is 9.53 Å². The summed E-state index contributed by atoms with van der Waals surface area (Å²) in [5, 5.41) is 0. The number of rotatable bonds is 14. The SMILES string of the molecule is CCc1cnc(C(C)C2CCCC(C3CC3CCOc3ccc(CC(=O)C(C)C4CCCC4)cc3CC)CC2)c(CC)c1. The second kappa shape index (κ2) is 15.2. The third-order valence-electron chi connectivity index (χ3n) is 11.9. The maximum Gasteiger partial charge on any atom is 0.140 e. The maximum absolute atomic E-state index is 13.0. The van der Waals surface area contributed by atoms with Crippen LogP contribution in [0, 0.1) is 35.5 Å². The highest BCUT2D eigenvalue weighted by Gasteiger charge is 2.43. The van der Waals surface area contributed by atoms with Crippen molar-refractivity contribution in [2.45, 2.75) is 137 Å². The van der Waals surface area contributed by atoms with Crippen LogP contribution in [0.5, 0.6) is 5.75 Å². The fraction of sp³-hybridized carbons (Fsp3) is 0.700. The summed E-state index contributed by atoms with van der Waals surface area (Å²) in [6.07, 6.45) is 20.3. The molecule has 1 aromatic heterocycles. The van der Waals surface area contributed by atoms with E-state index in [1.165, 1.54) is 93.0 Å². The van der Waals surface area contributed by atoms with Crippen molar-refractivity contribution in [1.29, 1.82) is 0 Å². The van der Waals surface area contributed by atoms with E-state index in [4.69, 9.17) is 9.72 Å². The normalized spacial score (nSPS) is 25.7. The molecule has 3 saturated carbocycles. The van der Waals surface area contributed by atoms with Crippen molar-refractivity contribution in [2.24, 2.45) is 35.5 Å². The highest BCUT2D eigenvalue weighted by molar-refractivity contribution is 5.83. The summed E-state index contributed by atoms with van der Waals surface area (Å²) < 4.78 is 6.37. The number of carbonyl (C=O) groups excluding carboxylic acids is 1. The van der Waals surface area contributed by atoms with E-state index >= 15 is 0 Å². The number of benzene rings is 1. The van der Waals surface area contributed by atoms with E-state index in [9.17, 15) is 4.79 Å². The highest BCUT2D eigenvalue weighted by atomic mass is 16.5. The number of hydrogen-bond acceptors (Lipinski definition) is 3. The van der Waals surface area contributed by atoms with Crippen LogP contribution in [0.25, 0.3) is 0 Å². The van der Waals surface area contributed by atoms with Crippen molar-refractivity contribution in [3.05, 3.63) is 58.4 Å². The molecule has 0 bridgehead atoms. The van der Waals surface area contributed by atoms with E-state index in [0.717, 1.165) is 60.9 Å². The Morgan fingerprint density at radius 3 is 2.35 bits per heavy atom. The molecule has 0 radical (unpaired) electrons. The second-order valence-corrected chi connectivity index (χ2v) is 14.5. The molecule has 3 aliphatic carbocycles. The number of carbonyl (C=O) groups is 1. The largest absolute Gasteiger partial charge is 0.493 e. The van der Waals surface area contributed by atoms with Gasteiger partial charge in [-0.1, -0.05) is 78.5 Å². The molecule has 1 aromatic carbocycles. The minimum Gasteiger partial charge on any atom is -0.493 e. The Hall–Kier alpha value is -2.16. The summed E-state index contributed by atoms with van der Waals surface area (Å²) in [7, 11) is 0. The quantitative estimate of drug-likeness (QED) is 0.207. The first-order valence-electron chi connectivity index (χ1n) is 18.2. The van der Waals surface area contributed by atoms with Gasteiger partial charge in [0.25, 0.3) is 0 Å². The molecule has 0 amide bonds. The lowest BCUT2D eigenvalue weighted by Crippen LogP contribution is -2.20. The van der Waals surface area contributed by atoms with Crippen molar-refractivity contribution >= 4 is 5.78 Å². The van der Waals surface area contributed by atoms with E-state index in [0.29, 0.717) is 24.0 Å². The molecule has 5 rings (SSSR count). The number of ketones is 1. The zero-order chi connectivity index (χ0) is 30.3. The van der Waals surface area contributed by atoms with Crippen LogP contribution in [0.3, 0.4) is 0 Å². The zero-order valence-corrected chi connectivity index (χ0v) is 28.0. The molecule has 3 fully saturated rings. The summed E-state index contributed by atoms with van der Waals surface area (Å²) in [4.78, 5) is 17.9. The van der Waals surface area contributed by atoms with Gasteiger partial charge in [-0.2, -0.15) is 0 Å². The fourth-order valence-corrected chi connectivity index (χ4v) is 8.71. The Kier molecular flexibility index (Phi) is 11.4. The Balaban J connectivity index is 1.07. The van der Waals surface area contributed by atoms with Crippen LogP contribution in [-0.4, -0.2) is 17.4 Å². The molecule has 6 atom stereocenters. The van der Waals surface area contributed by atoms with Crippen molar-refractivity contribution in [1.82, 2.24) is 4.98 Å². The van der Waals surface area contributed by atoms with Gasteiger partial charge < -0.3 is 4.74 Å². The first-order chi connectivity index (χ1) is 20.9. The van der Waals surface area contributed by atoms with Gasteiger partial charge in [0.05, 0.1) is 6.61 Å². The number of Topliss-reactive ketones (excluding diaryl/α,β-unsaturated/α-hetero) is 1. The fourth-order valence-electron chi connectivity index (χ4n) is 8.71. The summed E-state index contributed by atoms with van der Waals surface area (Å²) in [6, 6.07) is 8.90. The predicted molar refractivity (Wildman–Crippen MR) is 179 cm³/mol. The number of nitrogens with zero attached hydrogens (tertiary/aromatic N) is 1. The van der Waals surface area contributed by atoms with Crippen LogP contribution in [0.1, 0.15) is 139 Å². The lowest BCUT2D eigenvalue weighted by atomic mass is 9.82. The Labute approximate surface area is 263 Å². The van der Waals surface area contributed by atoms with Gasteiger partial charge in [-0.05, 0) is 122 Å². The molecular formula is C40H59NO2. The second-order valence-electron chi connectivity index (χ2n) is 14.5. The molecule has 0 spiro atoms. The molecule has 3 aliphatic rings. The minimum atomic E-state index is 0.196. The molecule has 43 heavy (non-hydrogen) atoms. The van der Waals surface area contributed by atoms with Crippen molar-refractivity contribution in [3.63, 3.8) is 0 Å². The van der Waals surface area contributed by atoms with Gasteiger partial charge >= 0.3 is 0 Å².